The van der Waals surface area contributed by atoms with E-state index in [2.05, 4.69) is 27.9 Å². The third-order valence-electron chi connectivity index (χ3n) is 2.35. The third-order valence-corrected chi connectivity index (χ3v) is 3.07. The second-order valence-corrected chi connectivity index (χ2v) is 4.89. The highest BCUT2D eigenvalue weighted by Gasteiger charge is 2.01. The zero-order valence-electron chi connectivity index (χ0n) is 8.95. The molecule has 2 aromatic carbocycles. The van der Waals surface area contributed by atoms with Crippen molar-refractivity contribution in [2.75, 3.05) is 5.32 Å². The maximum absolute atomic E-state index is 13.1. The molecule has 2 nitrogen and oxygen atoms in total. The van der Waals surface area contributed by atoms with E-state index >= 15 is 0 Å². The molecule has 0 fully saturated rings. The number of hydrogen-bond acceptors (Lipinski definition) is 2. The van der Waals surface area contributed by atoms with Gasteiger partial charge >= 0.3 is 0 Å². The Balaban J connectivity index is 2.02. The topological polar surface area (TPSA) is 32.3 Å². The number of phenolic OH excluding ortho intramolecular Hbond substituents is 1. The predicted octanol–water partition coefficient (Wildman–Crippen LogP) is 3.75. The minimum atomic E-state index is -0.591. The Hall–Kier alpha value is -1.30. The van der Waals surface area contributed by atoms with Crippen molar-refractivity contribution in [3.63, 3.8) is 0 Å². The van der Waals surface area contributed by atoms with Crippen LogP contribution in [0.15, 0.2) is 42.5 Å². The summed E-state index contributed by atoms with van der Waals surface area (Å²) in [5.74, 6) is -0.907. The van der Waals surface area contributed by atoms with Crippen molar-refractivity contribution in [1.29, 1.82) is 0 Å². The van der Waals surface area contributed by atoms with Crippen LogP contribution in [0.2, 0.25) is 0 Å². The van der Waals surface area contributed by atoms with E-state index in [1.54, 1.807) is 6.07 Å². The highest BCUT2D eigenvalue weighted by atomic mass is 127. The molecular weight excluding hydrogens is 332 g/mol. The van der Waals surface area contributed by atoms with Crippen molar-refractivity contribution in [2.24, 2.45) is 0 Å². The number of rotatable bonds is 3. The van der Waals surface area contributed by atoms with Crippen molar-refractivity contribution in [2.45, 2.75) is 6.54 Å². The van der Waals surface area contributed by atoms with Gasteiger partial charge in [-0.05, 0) is 64.6 Å². The largest absolute Gasteiger partial charge is 0.505 e. The smallest absolute Gasteiger partial charge is 0.165 e. The molecule has 0 saturated carbocycles. The van der Waals surface area contributed by atoms with E-state index in [0.717, 1.165) is 11.3 Å². The van der Waals surface area contributed by atoms with Gasteiger partial charge in [-0.1, -0.05) is 6.07 Å². The molecule has 2 N–H and O–H groups in total. The number of halogens is 2. The molecule has 0 unspecified atom stereocenters. The summed E-state index contributed by atoms with van der Waals surface area (Å²) < 4.78 is 14.2. The molecule has 88 valence electrons. The quantitative estimate of drug-likeness (QED) is 0.832. The number of phenols is 1. The first-order valence-electron chi connectivity index (χ1n) is 5.12. The Morgan fingerprint density at radius 3 is 2.47 bits per heavy atom. The molecule has 0 radical (unpaired) electrons. The molecule has 17 heavy (non-hydrogen) atoms. The molecule has 0 saturated heterocycles. The van der Waals surface area contributed by atoms with Crippen molar-refractivity contribution in [1.82, 2.24) is 0 Å². The molecule has 0 heterocycles. The Kier molecular flexibility index (Phi) is 3.83. The van der Waals surface area contributed by atoms with Gasteiger partial charge in [0.1, 0.15) is 0 Å². The molecule has 0 aromatic heterocycles. The first-order chi connectivity index (χ1) is 8.15. The summed E-state index contributed by atoms with van der Waals surface area (Å²) in [4.78, 5) is 0. The molecule has 0 spiro atoms. The van der Waals surface area contributed by atoms with Crippen LogP contribution in [0.4, 0.5) is 10.1 Å². The fraction of sp³-hybridized carbons (Fsp3) is 0.0769. The summed E-state index contributed by atoms with van der Waals surface area (Å²) in [6.07, 6.45) is 0. The van der Waals surface area contributed by atoms with Crippen LogP contribution >= 0.6 is 22.6 Å². The lowest BCUT2D eigenvalue weighted by molar-refractivity contribution is 0.432. The number of anilines is 1. The number of nitrogens with one attached hydrogen (secondary N) is 1. The maximum atomic E-state index is 13.1. The van der Waals surface area contributed by atoms with Gasteiger partial charge in [0, 0.05) is 15.8 Å². The van der Waals surface area contributed by atoms with Crippen LogP contribution in [-0.2, 0) is 6.54 Å². The van der Waals surface area contributed by atoms with Gasteiger partial charge in [-0.3, -0.25) is 0 Å². The lowest BCUT2D eigenvalue weighted by Gasteiger charge is -2.07. The summed E-state index contributed by atoms with van der Waals surface area (Å²) >= 11 is 2.24. The standard InChI is InChI=1S/C13H11FINO/c14-12-7-9(1-6-13(12)17)8-16-11-4-2-10(15)3-5-11/h1-7,16-17H,8H2. The molecule has 0 bridgehead atoms. The lowest BCUT2D eigenvalue weighted by atomic mass is 10.2. The van der Waals surface area contributed by atoms with E-state index in [1.165, 1.54) is 15.7 Å². The normalized spacial score (nSPS) is 10.2. The van der Waals surface area contributed by atoms with E-state index in [-0.39, 0.29) is 5.75 Å². The van der Waals surface area contributed by atoms with Crippen LogP contribution < -0.4 is 5.32 Å². The summed E-state index contributed by atoms with van der Waals surface area (Å²) in [5.41, 5.74) is 1.78. The van der Waals surface area contributed by atoms with E-state index in [9.17, 15) is 4.39 Å². The van der Waals surface area contributed by atoms with Crippen molar-refractivity contribution < 1.29 is 9.50 Å². The first-order valence-corrected chi connectivity index (χ1v) is 6.20. The van der Waals surface area contributed by atoms with Gasteiger partial charge in [-0.2, -0.15) is 0 Å². The molecule has 2 rings (SSSR count). The van der Waals surface area contributed by atoms with Crippen LogP contribution in [0.5, 0.6) is 5.75 Å². The second kappa shape index (κ2) is 5.35. The fourth-order valence-electron chi connectivity index (χ4n) is 1.43. The van der Waals surface area contributed by atoms with Gasteiger partial charge in [0.15, 0.2) is 11.6 Å². The molecule has 2 aromatic rings. The molecule has 4 heteroatoms. The van der Waals surface area contributed by atoms with E-state index in [0.29, 0.717) is 6.54 Å². The van der Waals surface area contributed by atoms with E-state index in [4.69, 9.17) is 5.11 Å². The summed E-state index contributed by atoms with van der Waals surface area (Å²) in [6.45, 7) is 0.526. The third kappa shape index (κ3) is 3.33. The lowest BCUT2D eigenvalue weighted by Crippen LogP contribution is -1.99. The van der Waals surface area contributed by atoms with Crippen molar-refractivity contribution in [3.05, 3.63) is 57.4 Å². The Morgan fingerprint density at radius 1 is 1.12 bits per heavy atom. The van der Waals surface area contributed by atoms with Crippen LogP contribution in [0.3, 0.4) is 0 Å². The number of aromatic hydroxyl groups is 1. The first kappa shape index (κ1) is 12.2. The molecule has 0 aliphatic rings. The molecule has 0 amide bonds. The van der Waals surface area contributed by atoms with E-state index < -0.39 is 5.82 Å². The van der Waals surface area contributed by atoms with Gasteiger partial charge in [0.2, 0.25) is 0 Å². The second-order valence-electron chi connectivity index (χ2n) is 3.65. The summed E-state index contributed by atoms with van der Waals surface area (Å²) in [5, 5.41) is 12.2. The van der Waals surface area contributed by atoms with Crippen molar-refractivity contribution >= 4 is 28.3 Å². The van der Waals surface area contributed by atoms with Crippen LogP contribution in [0.1, 0.15) is 5.56 Å². The highest BCUT2D eigenvalue weighted by Crippen LogP contribution is 2.17. The predicted molar refractivity (Wildman–Crippen MR) is 74.6 cm³/mol. The Labute approximate surface area is 113 Å². The molecule has 0 aliphatic carbocycles. The van der Waals surface area contributed by atoms with Gasteiger partial charge in [0.25, 0.3) is 0 Å². The molecule has 0 atom stereocenters. The SMILES string of the molecule is Oc1ccc(CNc2ccc(I)cc2)cc1F. The molecular formula is C13H11FINO. The van der Waals surface area contributed by atoms with Gasteiger partial charge < -0.3 is 10.4 Å². The van der Waals surface area contributed by atoms with Crippen LogP contribution in [0.25, 0.3) is 0 Å². The van der Waals surface area contributed by atoms with Crippen molar-refractivity contribution in [3.8, 4) is 5.75 Å². The minimum Gasteiger partial charge on any atom is -0.505 e. The molecule has 0 aliphatic heterocycles. The Morgan fingerprint density at radius 2 is 1.82 bits per heavy atom. The van der Waals surface area contributed by atoms with Crippen LogP contribution in [-0.4, -0.2) is 5.11 Å². The monoisotopic (exact) mass is 343 g/mol. The zero-order valence-corrected chi connectivity index (χ0v) is 11.1. The van der Waals surface area contributed by atoms with Crippen LogP contribution in [0, 0.1) is 9.39 Å². The summed E-state index contributed by atoms with van der Waals surface area (Å²) in [7, 11) is 0. The van der Waals surface area contributed by atoms with Gasteiger partial charge in [-0.15, -0.1) is 0 Å². The highest BCUT2D eigenvalue weighted by molar-refractivity contribution is 14.1. The number of hydrogen-bond donors (Lipinski definition) is 2. The Bertz CT molecular complexity index is 513. The number of benzene rings is 2. The minimum absolute atomic E-state index is 0.317. The van der Waals surface area contributed by atoms with Gasteiger partial charge in [0.05, 0.1) is 0 Å². The zero-order chi connectivity index (χ0) is 12.3. The van der Waals surface area contributed by atoms with E-state index in [1.807, 2.05) is 24.3 Å². The average molecular weight is 343 g/mol. The van der Waals surface area contributed by atoms with Gasteiger partial charge in [-0.25, -0.2) is 4.39 Å². The maximum Gasteiger partial charge on any atom is 0.165 e. The summed E-state index contributed by atoms with van der Waals surface area (Å²) in [6, 6.07) is 12.3. The fourth-order valence-corrected chi connectivity index (χ4v) is 1.79. The average Bonchev–Trinajstić information content (AvgIpc) is 2.33.